The molecule has 0 radical (unpaired) electrons. The molecule has 6 rings (SSSR count). The number of allylic oxidation sites excluding steroid dienone is 1. The van der Waals surface area contributed by atoms with E-state index in [1.807, 2.05) is 17.0 Å². The number of nitrogens with zero attached hydrogens (tertiary/aromatic N) is 1. The summed E-state index contributed by atoms with van der Waals surface area (Å²) in [5.74, 6) is 0.827. The molecule has 50 heavy (non-hydrogen) atoms. The number of amides is 1. The molecule has 0 fully saturated rings. The van der Waals surface area contributed by atoms with Gasteiger partial charge in [-0.15, -0.1) is 0 Å². The maximum atomic E-state index is 13.6. The summed E-state index contributed by atoms with van der Waals surface area (Å²) >= 11 is 0. The van der Waals surface area contributed by atoms with E-state index >= 15 is 0 Å². The first-order valence-electron chi connectivity index (χ1n) is 18.2. The van der Waals surface area contributed by atoms with Crippen molar-refractivity contribution in [3.63, 3.8) is 0 Å². The quantitative estimate of drug-likeness (QED) is 0.141. The van der Waals surface area contributed by atoms with Crippen molar-refractivity contribution >= 4 is 25.3 Å². The first-order chi connectivity index (χ1) is 24.1. The molecule has 266 valence electrons. The number of nitrogens with one attached hydrogen (secondary N) is 1. The number of rotatable bonds is 13. The highest BCUT2D eigenvalue weighted by Crippen LogP contribution is 2.54. The average Bonchev–Trinajstić information content (AvgIpc) is 3.34. The highest BCUT2D eigenvalue weighted by Gasteiger charge is 2.55. The van der Waals surface area contributed by atoms with Crippen molar-refractivity contribution in [3.8, 4) is 0 Å². The van der Waals surface area contributed by atoms with Crippen LogP contribution in [0.2, 0.25) is 16.6 Å². The number of fused-ring (bicyclic) bond motifs is 6. The molecule has 0 saturated carbocycles. The van der Waals surface area contributed by atoms with Crippen molar-refractivity contribution in [2.75, 3.05) is 26.9 Å². The van der Waals surface area contributed by atoms with E-state index in [0.717, 1.165) is 39.0 Å². The molecule has 1 N–H and O–H groups in total. The molecular formula is C42H54N2O5Si. The highest BCUT2D eigenvalue weighted by atomic mass is 28.4. The lowest BCUT2D eigenvalue weighted by Gasteiger charge is -2.47. The number of carbonyl (C=O) groups excluding carboxylic acids is 1. The Balaban J connectivity index is 1.57. The van der Waals surface area contributed by atoms with Crippen LogP contribution in [0.1, 0.15) is 76.4 Å². The number of H-pyrrole nitrogens is 1. The Morgan fingerprint density at radius 2 is 1.36 bits per heavy atom. The fourth-order valence-electron chi connectivity index (χ4n) is 8.96. The number of aromatic amines is 1. The van der Waals surface area contributed by atoms with Crippen molar-refractivity contribution in [1.29, 1.82) is 0 Å². The number of methoxy groups -OCH3 is 1. The molecular weight excluding hydrogens is 641 g/mol. The minimum Gasteiger partial charge on any atom is -0.546 e. The summed E-state index contributed by atoms with van der Waals surface area (Å²) in [5, 5.41) is 1.08. The molecule has 1 aliphatic heterocycles. The third-order valence-corrected chi connectivity index (χ3v) is 17.2. The number of benzene rings is 3. The minimum absolute atomic E-state index is 0.136. The summed E-state index contributed by atoms with van der Waals surface area (Å²) in [5.41, 5.74) is 5.85. The second-order valence-electron chi connectivity index (χ2n) is 15.0. The van der Waals surface area contributed by atoms with E-state index in [1.54, 1.807) is 0 Å². The topological polar surface area (TPSA) is 73.0 Å². The fourth-order valence-corrected chi connectivity index (χ4v) is 14.3. The summed E-state index contributed by atoms with van der Waals surface area (Å²) in [6.07, 6.45) is 2.59. The number of aromatic nitrogens is 1. The van der Waals surface area contributed by atoms with E-state index in [-0.39, 0.29) is 12.0 Å². The lowest BCUT2D eigenvalue weighted by atomic mass is 9.70. The van der Waals surface area contributed by atoms with Gasteiger partial charge in [-0.05, 0) is 46.3 Å². The third-order valence-electron chi connectivity index (χ3n) is 11.2. The van der Waals surface area contributed by atoms with Crippen LogP contribution in [0.15, 0.2) is 96.8 Å². The SMILES string of the molecule is COC(=O)N1CCC2C(O[Si](C(C)C)(C(C)C)C(C)C)=CC1c1c([nH]c3ccccc13)C2(COCc1ccccc1)COCc1ccccc1. The number of ether oxygens (including phenoxy) is 3. The summed E-state index contributed by atoms with van der Waals surface area (Å²) in [7, 11) is -0.946. The van der Waals surface area contributed by atoms with E-state index in [9.17, 15) is 4.79 Å². The molecule has 4 aromatic rings. The summed E-state index contributed by atoms with van der Waals surface area (Å²) < 4.78 is 26.8. The van der Waals surface area contributed by atoms with Crippen LogP contribution in [-0.4, -0.2) is 51.2 Å². The number of carbonyl (C=O) groups is 1. The molecule has 7 nitrogen and oxygen atoms in total. The van der Waals surface area contributed by atoms with Crippen molar-refractivity contribution in [2.45, 2.75) is 89.3 Å². The Kier molecular flexibility index (Phi) is 10.9. The van der Waals surface area contributed by atoms with Gasteiger partial charge in [0.2, 0.25) is 0 Å². The van der Waals surface area contributed by atoms with E-state index < -0.39 is 19.8 Å². The van der Waals surface area contributed by atoms with Crippen molar-refractivity contribution in [2.24, 2.45) is 5.92 Å². The van der Waals surface area contributed by atoms with Crippen LogP contribution in [0.25, 0.3) is 10.9 Å². The Morgan fingerprint density at radius 1 is 0.820 bits per heavy atom. The van der Waals surface area contributed by atoms with Gasteiger partial charge in [0.25, 0.3) is 8.32 Å². The maximum Gasteiger partial charge on any atom is 0.410 e. The monoisotopic (exact) mass is 694 g/mol. The van der Waals surface area contributed by atoms with Gasteiger partial charge >= 0.3 is 6.09 Å². The van der Waals surface area contributed by atoms with Crippen LogP contribution >= 0.6 is 0 Å². The maximum absolute atomic E-state index is 13.6. The summed E-state index contributed by atoms with van der Waals surface area (Å²) in [6, 6.07) is 28.7. The van der Waals surface area contributed by atoms with Crippen LogP contribution in [0.5, 0.6) is 0 Å². The first kappa shape index (κ1) is 36.0. The van der Waals surface area contributed by atoms with Gasteiger partial charge in [0.15, 0.2) is 0 Å². The van der Waals surface area contributed by atoms with Crippen LogP contribution in [0.3, 0.4) is 0 Å². The Labute approximate surface area is 299 Å². The number of hydrogen-bond acceptors (Lipinski definition) is 5. The van der Waals surface area contributed by atoms with E-state index in [2.05, 4.69) is 125 Å². The molecule has 2 atom stereocenters. The number of hydrogen-bond donors (Lipinski definition) is 1. The zero-order valence-electron chi connectivity index (χ0n) is 30.8. The van der Waals surface area contributed by atoms with Crippen molar-refractivity contribution in [1.82, 2.24) is 9.88 Å². The lowest BCUT2D eigenvalue weighted by molar-refractivity contribution is -0.0244. The molecule has 2 unspecified atom stereocenters. The van der Waals surface area contributed by atoms with Crippen molar-refractivity contribution < 1.29 is 23.4 Å². The Morgan fingerprint density at radius 3 is 1.90 bits per heavy atom. The lowest BCUT2D eigenvalue weighted by Crippen LogP contribution is -2.52. The smallest absolute Gasteiger partial charge is 0.410 e. The molecule has 8 heteroatoms. The van der Waals surface area contributed by atoms with Gasteiger partial charge < -0.3 is 23.6 Å². The zero-order chi connectivity index (χ0) is 35.5. The van der Waals surface area contributed by atoms with Crippen LogP contribution in [-0.2, 0) is 37.3 Å². The average molecular weight is 695 g/mol. The summed E-state index contributed by atoms with van der Waals surface area (Å²) in [6.45, 7) is 16.2. The highest BCUT2D eigenvalue weighted by molar-refractivity contribution is 6.77. The minimum atomic E-state index is -2.42. The molecule has 0 spiro atoms. The molecule has 1 aliphatic carbocycles. The van der Waals surface area contributed by atoms with E-state index in [1.165, 1.54) is 7.11 Å². The molecule has 2 aliphatic rings. The van der Waals surface area contributed by atoms with E-state index in [0.29, 0.717) is 56.0 Å². The second kappa shape index (κ2) is 15.2. The Bertz CT molecular complexity index is 1700. The van der Waals surface area contributed by atoms with Crippen LogP contribution < -0.4 is 0 Å². The van der Waals surface area contributed by atoms with Gasteiger partial charge in [-0.25, -0.2) is 4.79 Å². The first-order valence-corrected chi connectivity index (χ1v) is 20.4. The second-order valence-corrected chi connectivity index (χ2v) is 20.4. The standard InChI is InChI=1S/C42H54N2O5Si/c1-29(2)50(30(3)4,31(5)6)49-38-24-37-39-34-20-14-15-21-36(34)43-40(39)42(27-47-25-32-16-10-8-11-17-32,28-48-26-33-18-12-9-13-19-33)35(38)22-23-44(37)41(45)46-7/h8-21,24,29-31,35,37,43H,22-23,25-28H2,1-7H3. The molecule has 2 bridgehead atoms. The largest absolute Gasteiger partial charge is 0.546 e. The van der Waals surface area contributed by atoms with Gasteiger partial charge in [0.1, 0.15) is 0 Å². The van der Waals surface area contributed by atoms with E-state index in [4.69, 9.17) is 18.6 Å². The molecule has 2 heterocycles. The normalized spacial score (nSPS) is 18.7. The Hall–Kier alpha value is -3.85. The van der Waals surface area contributed by atoms with Gasteiger partial charge in [-0.1, -0.05) is 120 Å². The van der Waals surface area contributed by atoms with Gasteiger partial charge in [-0.3, -0.25) is 4.90 Å². The van der Waals surface area contributed by atoms with Gasteiger partial charge in [-0.2, -0.15) is 0 Å². The zero-order valence-corrected chi connectivity index (χ0v) is 31.8. The fraction of sp³-hybridized carbons (Fsp3) is 0.452. The van der Waals surface area contributed by atoms with Gasteiger partial charge in [0.05, 0.1) is 50.8 Å². The van der Waals surface area contributed by atoms with Gasteiger partial charge in [0, 0.05) is 34.6 Å². The third kappa shape index (κ3) is 6.65. The van der Waals surface area contributed by atoms with Crippen LogP contribution in [0.4, 0.5) is 4.79 Å². The number of para-hydroxylation sites is 1. The predicted molar refractivity (Wildman–Crippen MR) is 202 cm³/mol. The van der Waals surface area contributed by atoms with Crippen LogP contribution in [0, 0.1) is 5.92 Å². The molecule has 3 aromatic carbocycles. The van der Waals surface area contributed by atoms with Crippen molar-refractivity contribution in [3.05, 3.63) is 119 Å². The summed E-state index contributed by atoms with van der Waals surface area (Å²) in [4.78, 5) is 19.4. The molecule has 0 saturated heterocycles. The predicted octanol–water partition coefficient (Wildman–Crippen LogP) is 10.1. The molecule has 1 aromatic heterocycles. The molecule has 1 amide bonds.